The van der Waals surface area contributed by atoms with Crippen LogP contribution in [0.15, 0.2) is 41.0 Å². The highest BCUT2D eigenvalue weighted by atomic mass is 16.3. The number of nitrogens with zero attached hydrogens (tertiary/aromatic N) is 3. The molecule has 3 rings (SSSR count). The Bertz CT molecular complexity index is 753. The Kier molecular flexibility index (Phi) is 3.12. The molecule has 0 atom stereocenters. The molecule has 1 aromatic carbocycles. The van der Waals surface area contributed by atoms with Crippen LogP contribution in [0.1, 0.15) is 21.9 Å². The zero-order valence-corrected chi connectivity index (χ0v) is 10.8. The summed E-state index contributed by atoms with van der Waals surface area (Å²) in [6.07, 6.45) is 1.55. The minimum atomic E-state index is -0.377. The summed E-state index contributed by atoms with van der Waals surface area (Å²) >= 11 is 0. The van der Waals surface area contributed by atoms with E-state index in [2.05, 4.69) is 20.5 Å². The fraction of sp³-hybridized carbons (Fsp3) is 0.143. The lowest BCUT2D eigenvalue weighted by Gasteiger charge is -2.03. The number of benzene rings is 1. The Morgan fingerprint density at radius 2 is 2.15 bits per heavy atom. The van der Waals surface area contributed by atoms with Crippen LogP contribution >= 0.6 is 0 Å². The van der Waals surface area contributed by atoms with Crippen LogP contribution in [0.3, 0.4) is 0 Å². The fourth-order valence-electron chi connectivity index (χ4n) is 1.80. The van der Waals surface area contributed by atoms with E-state index in [-0.39, 0.29) is 11.7 Å². The van der Waals surface area contributed by atoms with Gasteiger partial charge in [0, 0.05) is 0 Å². The Balaban J connectivity index is 1.80. The van der Waals surface area contributed by atoms with Crippen molar-refractivity contribution in [3.8, 4) is 0 Å². The van der Waals surface area contributed by atoms with Crippen LogP contribution in [-0.2, 0) is 6.54 Å². The first kappa shape index (κ1) is 12.3. The molecule has 0 radical (unpaired) electrons. The average molecular weight is 268 g/mol. The van der Waals surface area contributed by atoms with E-state index in [1.165, 1.54) is 0 Å². The van der Waals surface area contributed by atoms with Gasteiger partial charge in [-0.15, -0.1) is 10.2 Å². The second-order valence-corrected chi connectivity index (χ2v) is 4.39. The van der Waals surface area contributed by atoms with Gasteiger partial charge in [-0.05, 0) is 36.8 Å². The van der Waals surface area contributed by atoms with Gasteiger partial charge in [0.05, 0.1) is 18.3 Å². The van der Waals surface area contributed by atoms with E-state index in [9.17, 15) is 4.79 Å². The summed E-state index contributed by atoms with van der Waals surface area (Å²) in [5, 5.41) is 10.5. The maximum Gasteiger partial charge on any atom is 0.291 e. The number of amides is 1. The van der Waals surface area contributed by atoms with Gasteiger partial charge in [-0.1, -0.05) is 6.07 Å². The van der Waals surface area contributed by atoms with Crippen molar-refractivity contribution in [2.24, 2.45) is 0 Å². The summed E-state index contributed by atoms with van der Waals surface area (Å²) in [6, 6.07) is 9.17. The van der Waals surface area contributed by atoms with Crippen molar-refractivity contribution in [2.45, 2.75) is 13.5 Å². The molecule has 0 saturated carbocycles. The molecule has 3 aromatic rings. The Labute approximate surface area is 114 Å². The number of hydrogen-bond donors (Lipinski definition) is 1. The molecule has 0 aliphatic rings. The van der Waals surface area contributed by atoms with E-state index in [0.29, 0.717) is 23.3 Å². The number of furan rings is 1. The van der Waals surface area contributed by atoms with Crippen LogP contribution in [0.5, 0.6) is 0 Å². The topological polar surface area (TPSA) is 80.9 Å². The molecule has 0 fully saturated rings. The highest BCUT2D eigenvalue weighted by Gasteiger charge is 2.11. The fourth-order valence-corrected chi connectivity index (χ4v) is 1.80. The number of carbonyl (C=O) groups is 1. The molecule has 20 heavy (non-hydrogen) atoms. The summed E-state index contributed by atoms with van der Waals surface area (Å²) in [6.45, 7) is 2.25. The summed E-state index contributed by atoms with van der Waals surface area (Å²) in [4.78, 5) is 16.2. The Morgan fingerprint density at radius 1 is 1.25 bits per heavy atom. The van der Waals surface area contributed by atoms with Crippen LogP contribution in [0.4, 0.5) is 0 Å². The van der Waals surface area contributed by atoms with Gasteiger partial charge >= 0.3 is 0 Å². The molecule has 0 aliphatic heterocycles. The lowest BCUT2D eigenvalue weighted by atomic mass is 10.2. The minimum absolute atomic E-state index is 0.0506. The van der Waals surface area contributed by atoms with Crippen LogP contribution in [0, 0.1) is 6.92 Å². The zero-order chi connectivity index (χ0) is 13.9. The summed E-state index contributed by atoms with van der Waals surface area (Å²) in [5.74, 6) is 0.343. The van der Waals surface area contributed by atoms with Gasteiger partial charge in [-0.2, -0.15) is 0 Å². The van der Waals surface area contributed by atoms with E-state index in [0.717, 1.165) is 5.56 Å². The second-order valence-electron chi connectivity index (χ2n) is 4.39. The van der Waals surface area contributed by atoms with Crippen LogP contribution in [-0.4, -0.2) is 21.1 Å². The maximum atomic E-state index is 12.0. The lowest BCUT2D eigenvalue weighted by Crippen LogP contribution is -2.25. The minimum Gasteiger partial charge on any atom is -0.467 e. The first-order valence-electron chi connectivity index (χ1n) is 6.14. The largest absolute Gasteiger partial charge is 0.467 e. The third-order valence-electron chi connectivity index (χ3n) is 2.82. The predicted octanol–water partition coefficient (Wildman–Crippen LogP) is 1.86. The first-order chi connectivity index (χ1) is 9.72. The van der Waals surface area contributed by atoms with E-state index in [1.807, 2.05) is 25.1 Å². The molecule has 1 amide bonds. The van der Waals surface area contributed by atoms with Crippen LogP contribution < -0.4 is 5.32 Å². The van der Waals surface area contributed by atoms with Crippen molar-refractivity contribution in [3.05, 3.63) is 53.7 Å². The third kappa shape index (κ3) is 2.49. The van der Waals surface area contributed by atoms with Crippen molar-refractivity contribution < 1.29 is 9.21 Å². The van der Waals surface area contributed by atoms with Crippen molar-refractivity contribution in [1.29, 1.82) is 0 Å². The van der Waals surface area contributed by atoms with Gasteiger partial charge in [0.25, 0.3) is 5.91 Å². The molecule has 100 valence electrons. The molecule has 6 nitrogen and oxygen atoms in total. The first-order valence-corrected chi connectivity index (χ1v) is 6.14. The van der Waals surface area contributed by atoms with E-state index in [4.69, 9.17) is 4.42 Å². The van der Waals surface area contributed by atoms with E-state index < -0.39 is 0 Å². The van der Waals surface area contributed by atoms with E-state index in [1.54, 1.807) is 18.4 Å². The summed E-state index contributed by atoms with van der Waals surface area (Å²) < 4.78 is 5.13. The highest BCUT2D eigenvalue weighted by molar-refractivity contribution is 5.91. The third-order valence-corrected chi connectivity index (χ3v) is 2.82. The van der Waals surface area contributed by atoms with Crippen LogP contribution in [0.25, 0.3) is 11.0 Å². The van der Waals surface area contributed by atoms with Gasteiger partial charge in [0.2, 0.25) is 5.82 Å². The smallest absolute Gasteiger partial charge is 0.291 e. The molecule has 0 saturated heterocycles. The molecular weight excluding hydrogens is 256 g/mol. The number of nitrogens with one attached hydrogen (secondary N) is 1. The molecule has 6 heteroatoms. The zero-order valence-electron chi connectivity index (χ0n) is 10.8. The van der Waals surface area contributed by atoms with Crippen molar-refractivity contribution in [1.82, 2.24) is 20.5 Å². The molecule has 0 spiro atoms. The predicted molar refractivity (Wildman–Crippen MR) is 71.9 cm³/mol. The number of carbonyl (C=O) groups excluding carboxylic acids is 1. The van der Waals surface area contributed by atoms with Gasteiger partial charge in [-0.25, -0.2) is 4.98 Å². The second kappa shape index (κ2) is 5.08. The average Bonchev–Trinajstić information content (AvgIpc) is 2.97. The van der Waals surface area contributed by atoms with E-state index >= 15 is 0 Å². The summed E-state index contributed by atoms with van der Waals surface area (Å²) in [7, 11) is 0. The van der Waals surface area contributed by atoms with Gasteiger partial charge in [-0.3, -0.25) is 4.79 Å². The number of fused-ring (bicyclic) bond motifs is 1. The molecule has 0 bridgehead atoms. The van der Waals surface area contributed by atoms with Gasteiger partial charge < -0.3 is 9.73 Å². The Hall–Kier alpha value is -2.76. The standard InChI is InChI=1S/C14H12N4O2/c1-9-4-5-11-12(7-9)16-13(18-17-11)14(19)15-8-10-3-2-6-20-10/h2-7H,8H2,1H3,(H,15,19). The van der Waals surface area contributed by atoms with Gasteiger partial charge in [0.15, 0.2) is 0 Å². The number of rotatable bonds is 3. The number of aromatic nitrogens is 3. The number of aryl methyl sites for hydroxylation is 1. The monoisotopic (exact) mass is 268 g/mol. The summed E-state index contributed by atoms with van der Waals surface area (Å²) in [5.41, 5.74) is 2.38. The van der Waals surface area contributed by atoms with Crippen LogP contribution in [0.2, 0.25) is 0 Å². The SMILES string of the molecule is Cc1ccc2nnc(C(=O)NCc3ccco3)nc2c1. The Morgan fingerprint density at radius 3 is 2.95 bits per heavy atom. The molecule has 2 aromatic heterocycles. The highest BCUT2D eigenvalue weighted by Crippen LogP contribution is 2.10. The molecular formula is C14H12N4O2. The maximum absolute atomic E-state index is 12.0. The molecule has 1 N–H and O–H groups in total. The molecule has 0 aliphatic carbocycles. The quantitative estimate of drug-likeness (QED) is 0.784. The normalized spacial score (nSPS) is 10.7. The van der Waals surface area contributed by atoms with Gasteiger partial charge in [0.1, 0.15) is 11.3 Å². The molecule has 0 unspecified atom stereocenters. The number of hydrogen-bond acceptors (Lipinski definition) is 5. The molecule has 2 heterocycles. The van der Waals surface area contributed by atoms with Crippen molar-refractivity contribution in [2.75, 3.05) is 0 Å². The lowest BCUT2D eigenvalue weighted by molar-refractivity contribution is 0.0937. The van der Waals surface area contributed by atoms with Crippen molar-refractivity contribution >= 4 is 16.9 Å². The van der Waals surface area contributed by atoms with Crippen molar-refractivity contribution in [3.63, 3.8) is 0 Å².